The molecule has 0 saturated heterocycles. The number of benzene rings is 1. The molecule has 0 heterocycles. The van der Waals surface area contributed by atoms with Gasteiger partial charge in [-0.05, 0) is 23.6 Å². The Hall–Kier alpha value is -2.04. The molecule has 5 heteroatoms. The molecule has 0 aliphatic heterocycles. The largest absolute Gasteiger partial charge is 0.508 e. The van der Waals surface area contributed by atoms with Crippen LogP contribution in [0, 0.1) is 5.92 Å². The van der Waals surface area contributed by atoms with Crippen LogP contribution in [0.25, 0.3) is 0 Å². The number of rotatable bonds is 5. The van der Waals surface area contributed by atoms with Crippen LogP contribution in [-0.4, -0.2) is 28.1 Å². The second-order valence-corrected chi connectivity index (χ2v) is 4.47. The number of aromatic hydroxyl groups is 1. The standard InChI is InChI=1S/C13H17NO4/c1-8(2)12(13(17)18)14-11(16)7-9-4-3-5-10(15)6-9/h3-6,8,12,15H,7H2,1-2H3,(H,14,16)(H,17,18)/t12-/m1/s1. The van der Waals surface area contributed by atoms with E-state index in [1.807, 2.05) is 0 Å². The van der Waals surface area contributed by atoms with E-state index >= 15 is 0 Å². The maximum Gasteiger partial charge on any atom is 0.326 e. The number of nitrogens with one attached hydrogen (secondary N) is 1. The minimum absolute atomic E-state index is 0.0465. The number of aliphatic carboxylic acids is 1. The van der Waals surface area contributed by atoms with Crippen LogP contribution in [0.5, 0.6) is 5.75 Å². The first-order chi connectivity index (χ1) is 8.40. The highest BCUT2D eigenvalue weighted by molar-refractivity contribution is 5.85. The predicted octanol–water partition coefficient (Wildman–Crippen LogP) is 1.16. The highest BCUT2D eigenvalue weighted by Gasteiger charge is 2.23. The van der Waals surface area contributed by atoms with Crippen molar-refractivity contribution in [2.24, 2.45) is 5.92 Å². The molecule has 1 aromatic carbocycles. The quantitative estimate of drug-likeness (QED) is 0.733. The maximum absolute atomic E-state index is 11.7. The lowest BCUT2D eigenvalue weighted by Gasteiger charge is -2.17. The van der Waals surface area contributed by atoms with Crippen molar-refractivity contribution in [3.8, 4) is 5.75 Å². The van der Waals surface area contributed by atoms with Gasteiger partial charge in [-0.25, -0.2) is 4.79 Å². The van der Waals surface area contributed by atoms with Gasteiger partial charge in [0.2, 0.25) is 5.91 Å². The van der Waals surface area contributed by atoms with Crippen LogP contribution in [0.1, 0.15) is 19.4 Å². The minimum atomic E-state index is -1.05. The smallest absolute Gasteiger partial charge is 0.326 e. The van der Waals surface area contributed by atoms with Crippen molar-refractivity contribution >= 4 is 11.9 Å². The molecule has 1 rings (SSSR count). The van der Waals surface area contributed by atoms with E-state index < -0.39 is 12.0 Å². The summed E-state index contributed by atoms with van der Waals surface area (Å²) in [6, 6.07) is 5.43. The molecule has 0 aromatic heterocycles. The lowest BCUT2D eigenvalue weighted by molar-refractivity contribution is -0.143. The van der Waals surface area contributed by atoms with Crippen molar-refractivity contribution in [1.82, 2.24) is 5.32 Å². The molecule has 1 atom stereocenters. The monoisotopic (exact) mass is 251 g/mol. The van der Waals surface area contributed by atoms with Crippen molar-refractivity contribution in [3.63, 3.8) is 0 Å². The van der Waals surface area contributed by atoms with E-state index in [1.54, 1.807) is 26.0 Å². The van der Waals surface area contributed by atoms with Crippen LogP contribution in [-0.2, 0) is 16.0 Å². The number of hydrogen-bond donors (Lipinski definition) is 3. The fourth-order valence-corrected chi connectivity index (χ4v) is 1.59. The Morgan fingerprint density at radius 1 is 1.33 bits per heavy atom. The van der Waals surface area contributed by atoms with Crippen LogP contribution in [0.4, 0.5) is 0 Å². The molecular formula is C13H17NO4. The molecule has 1 amide bonds. The summed E-state index contributed by atoms with van der Waals surface area (Å²) in [5, 5.41) is 20.7. The van der Waals surface area contributed by atoms with Gasteiger partial charge in [0.1, 0.15) is 11.8 Å². The Bertz CT molecular complexity index is 442. The van der Waals surface area contributed by atoms with E-state index in [2.05, 4.69) is 5.32 Å². The van der Waals surface area contributed by atoms with E-state index in [4.69, 9.17) is 5.11 Å². The van der Waals surface area contributed by atoms with Crippen molar-refractivity contribution in [1.29, 1.82) is 0 Å². The fraction of sp³-hybridized carbons (Fsp3) is 0.385. The van der Waals surface area contributed by atoms with Gasteiger partial charge < -0.3 is 15.5 Å². The lowest BCUT2D eigenvalue weighted by atomic mass is 10.0. The summed E-state index contributed by atoms with van der Waals surface area (Å²) < 4.78 is 0. The van der Waals surface area contributed by atoms with Crippen molar-refractivity contribution < 1.29 is 19.8 Å². The second kappa shape index (κ2) is 6.05. The predicted molar refractivity (Wildman–Crippen MR) is 66.2 cm³/mol. The van der Waals surface area contributed by atoms with Gasteiger partial charge in [-0.2, -0.15) is 0 Å². The Kier molecular flexibility index (Phi) is 4.71. The van der Waals surface area contributed by atoms with Gasteiger partial charge in [0.15, 0.2) is 0 Å². The average molecular weight is 251 g/mol. The number of phenolic OH excluding ortho intramolecular Hbond substituents is 1. The Morgan fingerprint density at radius 3 is 2.50 bits per heavy atom. The molecule has 0 saturated carbocycles. The van der Waals surface area contributed by atoms with Crippen LogP contribution in [0.3, 0.4) is 0 Å². The van der Waals surface area contributed by atoms with Gasteiger partial charge in [-0.1, -0.05) is 26.0 Å². The molecule has 18 heavy (non-hydrogen) atoms. The number of carboxylic acid groups (broad SMARTS) is 1. The highest BCUT2D eigenvalue weighted by atomic mass is 16.4. The second-order valence-electron chi connectivity index (χ2n) is 4.47. The number of carboxylic acids is 1. The van der Waals surface area contributed by atoms with E-state index in [1.165, 1.54) is 12.1 Å². The zero-order valence-corrected chi connectivity index (χ0v) is 10.4. The molecule has 0 fully saturated rings. The highest BCUT2D eigenvalue weighted by Crippen LogP contribution is 2.11. The number of carbonyl (C=O) groups excluding carboxylic acids is 1. The van der Waals surface area contributed by atoms with Gasteiger partial charge in [0, 0.05) is 0 Å². The summed E-state index contributed by atoms with van der Waals surface area (Å²) in [4.78, 5) is 22.6. The molecule has 0 unspecified atom stereocenters. The number of hydrogen-bond acceptors (Lipinski definition) is 3. The first-order valence-corrected chi connectivity index (χ1v) is 5.70. The first kappa shape index (κ1) is 14.0. The Labute approximate surface area is 105 Å². The molecule has 0 aliphatic carbocycles. The normalized spacial score (nSPS) is 12.2. The van der Waals surface area contributed by atoms with E-state index in [0.29, 0.717) is 5.56 Å². The molecule has 5 nitrogen and oxygen atoms in total. The molecule has 98 valence electrons. The topological polar surface area (TPSA) is 86.6 Å². The summed E-state index contributed by atoms with van der Waals surface area (Å²) in [6.07, 6.45) is 0.0465. The van der Waals surface area contributed by atoms with Crippen molar-refractivity contribution in [3.05, 3.63) is 29.8 Å². The van der Waals surface area contributed by atoms with Crippen LogP contribution >= 0.6 is 0 Å². The Morgan fingerprint density at radius 2 is 2.00 bits per heavy atom. The van der Waals surface area contributed by atoms with E-state index in [-0.39, 0.29) is 24.0 Å². The van der Waals surface area contributed by atoms with Gasteiger partial charge in [0.25, 0.3) is 0 Å². The van der Waals surface area contributed by atoms with Gasteiger partial charge >= 0.3 is 5.97 Å². The first-order valence-electron chi connectivity index (χ1n) is 5.70. The van der Waals surface area contributed by atoms with Crippen molar-refractivity contribution in [2.45, 2.75) is 26.3 Å². The lowest BCUT2D eigenvalue weighted by Crippen LogP contribution is -2.44. The number of amides is 1. The molecule has 0 aliphatic rings. The zero-order chi connectivity index (χ0) is 13.7. The van der Waals surface area contributed by atoms with Crippen LogP contribution in [0.2, 0.25) is 0 Å². The van der Waals surface area contributed by atoms with Gasteiger partial charge in [0.05, 0.1) is 6.42 Å². The summed E-state index contributed by atoms with van der Waals surface area (Å²) in [6.45, 7) is 3.46. The third-order valence-electron chi connectivity index (χ3n) is 2.52. The van der Waals surface area contributed by atoms with Crippen LogP contribution in [0.15, 0.2) is 24.3 Å². The van der Waals surface area contributed by atoms with Gasteiger partial charge in [-0.15, -0.1) is 0 Å². The zero-order valence-electron chi connectivity index (χ0n) is 10.4. The summed E-state index contributed by atoms with van der Waals surface area (Å²) >= 11 is 0. The molecule has 0 radical (unpaired) electrons. The number of phenols is 1. The van der Waals surface area contributed by atoms with E-state index in [9.17, 15) is 14.7 Å². The van der Waals surface area contributed by atoms with E-state index in [0.717, 1.165) is 0 Å². The molecule has 3 N–H and O–H groups in total. The van der Waals surface area contributed by atoms with Gasteiger partial charge in [-0.3, -0.25) is 4.79 Å². The third-order valence-corrected chi connectivity index (χ3v) is 2.52. The Balaban J connectivity index is 2.63. The molecule has 1 aromatic rings. The molecule has 0 bridgehead atoms. The van der Waals surface area contributed by atoms with Crippen LogP contribution < -0.4 is 5.32 Å². The fourth-order valence-electron chi connectivity index (χ4n) is 1.59. The number of carbonyl (C=O) groups is 2. The third kappa shape index (κ3) is 4.08. The summed E-state index contributed by atoms with van der Waals surface area (Å²) in [5.41, 5.74) is 0.639. The molecular weight excluding hydrogens is 234 g/mol. The molecule has 0 spiro atoms. The average Bonchev–Trinajstić information content (AvgIpc) is 2.25. The SMILES string of the molecule is CC(C)[C@@H](NC(=O)Cc1cccc(O)c1)C(=O)O. The maximum atomic E-state index is 11.7. The minimum Gasteiger partial charge on any atom is -0.508 e. The van der Waals surface area contributed by atoms with Crippen molar-refractivity contribution in [2.75, 3.05) is 0 Å². The summed E-state index contributed by atoms with van der Waals surface area (Å²) in [5.74, 6) is -1.52. The summed E-state index contributed by atoms with van der Waals surface area (Å²) in [7, 11) is 0.